The summed E-state index contributed by atoms with van der Waals surface area (Å²) in [7, 11) is 0. The van der Waals surface area contributed by atoms with Crippen LogP contribution in [0.3, 0.4) is 0 Å². The fraction of sp³-hybridized carbons (Fsp3) is 0.118. The lowest BCUT2D eigenvalue weighted by Gasteiger charge is -2.11. The van der Waals surface area contributed by atoms with Crippen molar-refractivity contribution < 1.29 is 19.8 Å². The van der Waals surface area contributed by atoms with Crippen LogP contribution in [0.25, 0.3) is 10.8 Å². The number of aliphatic carboxylic acids is 2. The summed E-state index contributed by atoms with van der Waals surface area (Å²) < 4.78 is 0. The molecule has 0 fully saturated rings. The van der Waals surface area contributed by atoms with E-state index in [2.05, 4.69) is 10.3 Å². The summed E-state index contributed by atoms with van der Waals surface area (Å²) in [5.41, 5.74) is 0.966. The zero-order valence-electron chi connectivity index (χ0n) is 12.4. The predicted octanol–water partition coefficient (Wildman–Crippen LogP) is 2.76. The first kappa shape index (κ1) is 16.2. The van der Waals surface area contributed by atoms with Gasteiger partial charge in [0.25, 0.3) is 0 Å². The van der Waals surface area contributed by atoms with Crippen LogP contribution < -0.4 is 5.32 Å². The van der Waals surface area contributed by atoms with E-state index in [9.17, 15) is 9.59 Å². The minimum atomic E-state index is -0.956. The average molecular weight is 312 g/mol. The summed E-state index contributed by atoms with van der Waals surface area (Å²) in [6.07, 6.45) is 2.89. The number of nitrogens with one attached hydrogen (secondary N) is 1. The minimum Gasteiger partial charge on any atom is -0.480 e. The highest BCUT2D eigenvalue weighted by Gasteiger charge is 2.09. The third kappa shape index (κ3) is 4.41. The predicted molar refractivity (Wildman–Crippen MR) is 88.9 cm³/mol. The number of anilines is 1. The standard InChI is InChI=1S/C13H13NO2.C4H3NO2/c1-9(13(15)16)14-12-7-6-10-4-2-3-5-11(10)8-12;6-4(7)3-1-2-5-3/h2-9,14H,1H3,(H,15,16);1-2H,(H,6,7)/t9-;/m0./s1. The van der Waals surface area contributed by atoms with Crippen molar-refractivity contribution in [2.75, 3.05) is 5.32 Å². The molecule has 1 aliphatic heterocycles. The molecule has 1 atom stereocenters. The molecule has 0 unspecified atom stereocenters. The Labute approximate surface area is 132 Å². The Morgan fingerprint density at radius 3 is 2.22 bits per heavy atom. The maximum atomic E-state index is 10.7. The van der Waals surface area contributed by atoms with Gasteiger partial charge in [-0.15, -0.1) is 0 Å². The monoisotopic (exact) mass is 312 g/mol. The highest BCUT2D eigenvalue weighted by molar-refractivity contribution is 6.42. The maximum absolute atomic E-state index is 10.7. The van der Waals surface area contributed by atoms with Gasteiger partial charge in [-0.25, -0.2) is 9.79 Å². The zero-order chi connectivity index (χ0) is 16.8. The number of fused-ring (bicyclic) bond motifs is 1. The Morgan fingerprint density at radius 2 is 1.74 bits per heavy atom. The molecule has 0 aromatic heterocycles. The van der Waals surface area contributed by atoms with Crippen LogP contribution in [-0.2, 0) is 9.59 Å². The first-order chi connectivity index (χ1) is 11.0. The summed E-state index contributed by atoms with van der Waals surface area (Å²) in [5.74, 6) is -1.81. The van der Waals surface area contributed by atoms with Gasteiger partial charge in [0.05, 0.1) is 0 Å². The zero-order valence-corrected chi connectivity index (χ0v) is 12.4. The molecule has 0 radical (unpaired) electrons. The molecular formula is C17H16N2O4. The topological polar surface area (TPSA) is 99.0 Å². The fourth-order valence-electron chi connectivity index (χ4n) is 1.87. The van der Waals surface area contributed by atoms with Crippen molar-refractivity contribution in [3.05, 3.63) is 54.7 Å². The summed E-state index contributed by atoms with van der Waals surface area (Å²) in [5, 5.41) is 22.0. The highest BCUT2D eigenvalue weighted by Crippen LogP contribution is 2.19. The Balaban J connectivity index is 0.000000229. The van der Waals surface area contributed by atoms with Crippen LogP contribution in [0.4, 0.5) is 5.69 Å². The van der Waals surface area contributed by atoms with Gasteiger partial charge in [0, 0.05) is 11.9 Å². The Morgan fingerprint density at radius 1 is 1.09 bits per heavy atom. The number of carbonyl (C=O) groups is 2. The molecule has 3 rings (SSSR count). The van der Waals surface area contributed by atoms with Crippen molar-refractivity contribution in [3.63, 3.8) is 0 Å². The minimum absolute atomic E-state index is 0.139. The molecule has 1 aliphatic rings. The largest absolute Gasteiger partial charge is 0.480 e. The number of hydrogen-bond acceptors (Lipinski definition) is 4. The van der Waals surface area contributed by atoms with Gasteiger partial charge in [0.2, 0.25) is 0 Å². The molecule has 2 aromatic rings. The third-order valence-electron chi connectivity index (χ3n) is 3.17. The molecule has 6 heteroatoms. The highest BCUT2D eigenvalue weighted by atomic mass is 16.4. The van der Waals surface area contributed by atoms with E-state index >= 15 is 0 Å². The van der Waals surface area contributed by atoms with Crippen LogP contribution in [0, 0.1) is 0 Å². The molecule has 23 heavy (non-hydrogen) atoms. The van der Waals surface area contributed by atoms with Gasteiger partial charge in [-0.2, -0.15) is 0 Å². The van der Waals surface area contributed by atoms with E-state index in [1.807, 2.05) is 42.5 Å². The number of carboxylic acid groups (broad SMARTS) is 2. The number of hydrogen-bond donors (Lipinski definition) is 3. The number of aliphatic imine (C=N–C) groups is 1. The van der Waals surface area contributed by atoms with Gasteiger partial charge in [-0.1, -0.05) is 30.3 Å². The number of rotatable bonds is 4. The van der Waals surface area contributed by atoms with E-state index in [4.69, 9.17) is 10.2 Å². The second-order valence-electron chi connectivity index (χ2n) is 4.90. The lowest BCUT2D eigenvalue weighted by molar-refractivity contribution is -0.137. The van der Waals surface area contributed by atoms with Crippen LogP contribution in [0.2, 0.25) is 0 Å². The Kier molecular flexibility index (Phi) is 5.09. The van der Waals surface area contributed by atoms with Crippen LogP contribution in [0.5, 0.6) is 0 Å². The van der Waals surface area contributed by atoms with Gasteiger partial charge < -0.3 is 15.5 Å². The molecule has 2 aromatic carbocycles. The van der Waals surface area contributed by atoms with E-state index in [0.717, 1.165) is 16.5 Å². The molecule has 0 aliphatic carbocycles. The van der Waals surface area contributed by atoms with Gasteiger partial charge >= 0.3 is 11.9 Å². The molecule has 3 N–H and O–H groups in total. The smallest absolute Gasteiger partial charge is 0.354 e. The van der Waals surface area contributed by atoms with E-state index in [1.165, 1.54) is 12.3 Å². The van der Waals surface area contributed by atoms with Crippen LogP contribution in [-0.4, -0.2) is 33.9 Å². The van der Waals surface area contributed by atoms with Crippen molar-refractivity contribution in [2.24, 2.45) is 4.99 Å². The van der Waals surface area contributed by atoms with Crippen molar-refractivity contribution >= 4 is 34.1 Å². The van der Waals surface area contributed by atoms with E-state index in [0.29, 0.717) is 0 Å². The summed E-state index contributed by atoms with van der Waals surface area (Å²) in [6.45, 7) is 1.62. The second kappa shape index (κ2) is 7.22. The maximum Gasteiger partial charge on any atom is 0.354 e. The van der Waals surface area contributed by atoms with Crippen molar-refractivity contribution in [1.29, 1.82) is 0 Å². The van der Waals surface area contributed by atoms with Gasteiger partial charge in [-0.05, 0) is 35.9 Å². The summed E-state index contributed by atoms with van der Waals surface area (Å²) >= 11 is 0. The molecular weight excluding hydrogens is 296 g/mol. The van der Waals surface area contributed by atoms with Gasteiger partial charge in [-0.3, -0.25) is 4.79 Å². The number of carboxylic acids is 2. The first-order valence-electron chi connectivity index (χ1n) is 6.93. The lowest BCUT2D eigenvalue weighted by atomic mass is 10.1. The third-order valence-corrected chi connectivity index (χ3v) is 3.17. The molecule has 0 spiro atoms. The van der Waals surface area contributed by atoms with E-state index in [1.54, 1.807) is 6.92 Å². The molecule has 0 bridgehead atoms. The van der Waals surface area contributed by atoms with Crippen LogP contribution >= 0.6 is 0 Å². The van der Waals surface area contributed by atoms with Crippen molar-refractivity contribution in [3.8, 4) is 0 Å². The SMILES string of the molecule is C[C@H](Nc1ccc2ccccc2c1)C(=O)O.O=C(O)C1=NC=C1. The van der Waals surface area contributed by atoms with Gasteiger partial charge in [0.15, 0.2) is 0 Å². The number of benzene rings is 2. The van der Waals surface area contributed by atoms with Crippen LogP contribution in [0.1, 0.15) is 6.92 Å². The first-order valence-corrected chi connectivity index (χ1v) is 6.93. The Hall–Kier alpha value is -3.15. The number of nitrogens with zero attached hydrogens (tertiary/aromatic N) is 1. The second-order valence-corrected chi connectivity index (χ2v) is 4.90. The Bertz CT molecular complexity index is 796. The molecule has 0 saturated heterocycles. The van der Waals surface area contributed by atoms with E-state index < -0.39 is 18.0 Å². The van der Waals surface area contributed by atoms with Gasteiger partial charge in [0.1, 0.15) is 11.8 Å². The van der Waals surface area contributed by atoms with Crippen LogP contribution in [0.15, 0.2) is 59.7 Å². The van der Waals surface area contributed by atoms with E-state index in [-0.39, 0.29) is 5.71 Å². The van der Waals surface area contributed by atoms with Crippen molar-refractivity contribution in [2.45, 2.75) is 13.0 Å². The lowest BCUT2D eigenvalue weighted by Crippen LogP contribution is -2.25. The van der Waals surface area contributed by atoms with Crippen molar-refractivity contribution in [1.82, 2.24) is 0 Å². The molecule has 1 heterocycles. The molecule has 0 saturated carbocycles. The molecule has 6 nitrogen and oxygen atoms in total. The summed E-state index contributed by atoms with van der Waals surface area (Å²) in [4.78, 5) is 23.9. The molecule has 118 valence electrons. The molecule has 0 amide bonds. The normalized spacial score (nSPS) is 13.2. The average Bonchev–Trinajstić information content (AvgIpc) is 2.45. The quantitative estimate of drug-likeness (QED) is 0.806. The summed E-state index contributed by atoms with van der Waals surface area (Å²) in [6, 6.07) is 13.2. The fourth-order valence-corrected chi connectivity index (χ4v) is 1.87.